The number of rotatable bonds is 1. The van der Waals surface area contributed by atoms with E-state index in [4.69, 9.17) is 5.21 Å². The number of pyridine rings is 1. The van der Waals surface area contributed by atoms with Gasteiger partial charge in [0, 0.05) is 18.0 Å². The smallest absolute Gasteiger partial charge is 0.258 e. The van der Waals surface area contributed by atoms with Crippen LogP contribution in [0.5, 0.6) is 0 Å². The lowest BCUT2D eigenvalue weighted by atomic mass is 10.3. The molecule has 0 radical (unpaired) electrons. The van der Waals surface area contributed by atoms with Gasteiger partial charge in [0.25, 0.3) is 4.77 Å². The van der Waals surface area contributed by atoms with E-state index in [0.29, 0.717) is 15.3 Å². The van der Waals surface area contributed by atoms with Crippen LogP contribution in [-0.2, 0) is 0 Å². The van der Waals surface area contributed by atoms with Crippen LogP contribution in [0.2, 0.25) is 0 Å². The first-order valence-electron chi connectivity index (χ1n) is 3.71. The highest BCUT2D eigenvalue weighted by Crippen LogP contribution is 2.13. The highest BCUT2D eigenvalue weighted by Gasteiger charge is 2.10. The summed E-state index contributed by atoms with van der Waals surface area (Å²) in [4.78, 5) is 8.46. The molecule has 2 aromatic rings. The molecule has 0 aromatic carbocycles. The summed E-state index contributed by atoms with van der Waals surface area (Å²) in [5.74, 6) is 0.144. The molecule has 0 spiro atoms. The zero-order valence-electron chi connectivity index (χ0n) is 6.90. The molecule has 0 saturated carbocycles. The summed E-state index contributed by atoms with van der Waals surface area (Å²) >= 11 is 4.66. The molecule has 7 heteroatoms. The standard InChI is InChI=1S/C7H6N4O2S/c12-10-6(9-7(14)11(10)13)5-2-1-3-8-4-5/h1-4,12-13H. The summed E-state index contributed by atoms with van der Waals surface area (Å²) in [5.41, 5.74) is 0.564. The highest BCUT2D eigenvalue weighted by molar-refractivity contribution is 7.71. The molecule has 0 aliphatic rings. The lowest BCUT2D eigenvalue weighted by Crippen LogP contribution is -2.07. The van der Waals surface area contributed by atoms with Crippen molar-refractivity contribution in [2.24, 2.45) is 0 Å². The van der Waals surface area contributed by atoms with E-state index in [0.717, 1.165) is 0 Å². The van der Waals surface area contributed by atoms with E-state index in [2.05, 4.69) is 22.2 Å². The van der Waals surface area contributed by atoms with Crippen molar-refractivity contribution in [2.75, 3.05) is 0 Å². The molecule has 0 unspecified atom stereocenters. The molecular formula is C7H6N4O2S. The molecular weight excluding hydrogens is 204 g/mol. The van der Waals surface area contributed by atoms with Crippen LogP contribution < -0.4 is 0 Å². The maximum absolute atomic E-state index is 9.34. The Bertz CT molecular complexity index is 504. The number of nitrogens with zero attached hydrogens (tertiary/aromatic N) is 4. The van der Waals surface area contributed by atoms with E-state index in [-0.39, 0.29) is 10.6 Å². The molecule has 2 rings (SSSR count). The van der Waals surface area contributed by atoms with Crippen molar-refractivity contribution in [3.05, 3.63) is 29.3 Å². The van der Waals surface area contributed by atoms with Crippen LogP contribution in [0.1, 0.15) is 0 Å². The summed E-state index contributed by atoms with van der Waals surface area (Å²) < 4.78 is -0.119. The van der Waals surface area contributed by atoms with Gasteiger partial charge in [-0.3, -0.25) is 4.98 Å². The largest absolute Gasteiger partial charge is 0.409 e. The third-order valence-corrected chi connectivity index (χ3v) is 1.92. The van der Waals surface area contributed by atoms with Crippen molar-refractivity contribution in [3.8, 4) is 11.4 Å². The van der Waals surface area contributed by atoms with Gasteiger partial charge in [-0.15, -0.1) is 0 Å². The number of hydrogen-bond donors (Lipinski definition) is 2. The summed E-state index contributed by atoms with van der Waals surface area (Å²) in [6.45, 7) is 0. The van der Waals surface area contributed by atoms with Gasteiger partial charge < -0.3 is 10.4 Å². The average molecular weight is 210 g/mol. The van der Waals surface area contributed by atoms with Crippen molar-refractivity contribution < 1.29 is 10.4 Å². The second-order valence-corrected chi connectivity index (χ2v) is 2.90. The van der Waals surface area contributed by atoms with E-state index in [1.54, 1.807) is 18.3 Å². The third kappa shape index (κ3) is 1.23. The van der Waals surface area contributed by atoms with Gasteiger partial charge >= 0.3 is 0 Å². The first kappa shape index (κ1) is 8.70. The summed E-state index contributed by atoms with van der Waals surface area (Å²) in [6, 6.07) is 3.38. The molecule has 0 aliphatic carbocycles. The van der Waals surface area contributed by atoms with Gasteiger partial charge in [0.1, 0.15) is 0 Å². The molecule has 0 fully saturated rings. The first-order chi connectivity index (χ1) is 6.70. The van der Waals surface area contributed by atoms with E-state index >= 15 is 0 Å². The van der Waals surface area contributed by atoms with E-state index in [1.807, 2.05) is 0 Å². The molecule has 0 atom stereocenters. The minimum Gasteiger partial charge on any atom is -0.409 e. The maximum atomic E-state index is 9.34. The van der Waals surface area contributed by atoms with Gasteiger partial charge in [0.15, 0.2) is 0 Å². The van der Waals surface area contributed by atoms with Gasteiger partial charge in [-0.25, -0.2) is 0 Å². The molecule has 0 bridgehead atoms. The lowest BCUT2D eigenvalue weighted by Gasteiger charge is -1.99. The van der Waals surface area contributed by atoms with Gasteiger partial charge in [-0.05, 0) is 24.4 Å². The Labute approximate surface area is 83.6 Å². The fourth-order valence-corrected chi connectivity index (χ4v) is 1.19. The topological polar surface area (TPSA) is 76.1 Å². The zero-order valence-corrected chi connectivity index (χ0v) is 7.72. The Morgan fingerprint density at radius 3 is 2.57 bits per heavy atom. The normalized spacial score (nSPS) is 10.3. The van der Waals surface area contributed by atoms with Crippen molar-refractivity contribution in [3.63, 3.8) is 0 Å². The van der Waals surface area contributed by atoms with E-state index < -0.39 is 0 Å². The second kappa shape index (κ2) is 3.11. The van der Waals surface area contributed by atoms with Crippen LogP contribution in [0.3, 0.4) is 0 Å². The number of aromatic nitrogens is 4. The molecule has 2 heterocycles. The lowest BCUT2D eigenvalue weighted by molar-refractivity contribution is -0.00970. The predicted molar refractivity (Wildman–Crippen MR) is 48.7 cm³/mol. The van der Waals surface area contributed by atoms with E-state index in [9.17, 15) is 5.21 Å². The molecule has 0 amide bonds. The highest BCUT2D eigenvalue weighted by atomic mass is 32.1. The third-order valence-electron chi connectivity index (χ3n) is 1.66. The molecule has 0 saturated heterocycles. The SMILES string of the molecule is On1c(-c2cccnc2)nc(=S)n1O. The Kier molecular flexibility index (Phi) is 1.93. The second-order valence-electron chi connectivity index (χ2n) is 2.54. The van der Waals surface area contributed by atoms with Crippen molar-refractivity contribution in [1.82, 2.24) is 19.7 Å². The minimum atomic E-state index is -0.119. The summed E-state index contributed by atoms with van der Waals surface area (Å²) in [6.07, 6.45) is 3.10. The van der Waals surface area contributed by atoms with Crippen LogP contribution in [-0.4, -0.2) is 30.1 Å². The maximum Gasteiger partial charge on any atom is 0.258 e. The molecule has 0 aliphatic heterocycles. The molecule has 72 valence electrons. The Morgan fingerprint density at radius 2 is 2.07 bits per heavy atom. The minimum absolute atomic E-state index is 0.119. The Morgan fingerprint density at radius 1 is 1.29 bits per heavy atom. The summed E-state index contributed by atoms with van der Waals surface area (Å²) in [7, 11) is 0. The van der Waals surface area contributed by atoms with Crippen LogP contribution in [0.4, 0.5) is 0 Å². The van der Waals surface area contributed by atoms with Gasteiger partial charge in [0.05, 0.1) is 0 Å². The van der Waals surface area contributed by atoms with Crippen LogP contribution in [0, 0.1) is 4.77 Å². The average Bonchev–Trinajstić information content (AvgIpc) is 2.47. The summed E-state index contributed by atoms with van der Waals surface area (Å²) in [5, 5.41) is 18.5. The van der Waals surface area contributed by atoms with Crippen molar-refractivity contribution in [2.45, 2.75) is 0 Å². The van der Waals surface area contributed by atoms with E-state index in [1.165, 1.54) is 6.20 Å². The molecule has 2 N–H and O–H groups in total. The number of hydrogen-bond acceptors (Lipinski definition) is 5. The predicted octanol–water partition coefficient (Wildman–Crippen LogP) is 0.951. The molecule has 14 heavy (non-hydrogen) atoms. The molecule has 2 aromatic heterocycles. The first-order valence-corrected chi connectivity index (χ1v) is 4.12. The molecule has 6 nitrogen and oxygen atoms in total. The fraction of sp³-hybridized carbons (Fsp3) is 0. The zero-order chi connectivity index (χ0) is 10.1. The van der Waals surface area contributed by atoms with Gasteiger partial charge in [-0.2, -0.15) is 4.98 Å². The fourth-order valence-electron chi connectivity index (χ4n) is 1.03. The van der Waals surface area contributed by atoms with Gasteiger partial charge in [0.2, 0.25) is 5.82 Å². The van der Waals surface area contributed by atoms with Crippen molar-refractivity contribution >= 4 is 12.2 Å². The monoisotopic (exact) mass is 210 g/mol. The van der Waals surface area contributed by atoms with Crippen LogP contribution in [0.25, 0.3) is 11.4 Å². The van der Waals surface area contributed by atoms with Crippen molar-refractivity contribution in [1.29, 1.82) is 0 Å². The Balaban J connectivity index is 2.64. The Hall–Kier alpha value is -1.89. The quantitative estimate of drug-likeness (QED) is 0.541. The van der Waals surface area contributed by atoms with Crippen LogP contribution >= 0.6 is 12.2 Å². The van der Waals surface area contributed by atoms with Crippen LogP contribution in [0.15, 0.2) is 24.5 Å². The van der Waals surface area contributed by atoms with Gasteiger partial charge in [-0.1, -0.05) is 9.69 Å².